The summed E-state index contributed by atoms with van der Waals surface area (Å²) in [6, 6.07) is 0. The van der Waals surface area contributed by atoms with Crippen LogP contribution in [0.15, 0.2) is 81.4 Å². The van der Waals surface area contributed by atoms with Gasteiger partial charge in [-0.15, -0.1) is 30.2 Å². The van der Waals surface area contributed by atoms with Crippen LogP contribution in [0.4, 0.5) is 0 Å². The Bertz CT molecular complexity index is 1240. The minimum Gasteiger partial charge on any atom is -0.662 e. The van der Waals surface area contributed by atoms with Crippen molar-refractivity contribution >= 4 is 23.6 Å². The van der Waals surface area contributed by atoms with E-state index in [4.69, 9.17) is 15.0 Å². The first kappa shape index (κ1) is 33.3. The van der Waals surface area contributed by atoms with Gasteiger partial charge in [0.2, 0.25) is 0 Å². The van der Waals surface area contributed by atoms with Gasteiger partial charge in [0.05, 0.1) is 17.1 Å². The maximum Gasteiger partial charge on any atom is 2.00 e. The summed E-state index contributed by atoms with van der Waals surface area (Å²) in [5, 5.41) is 4.50. The van der Waals surface area contributed by atoms with Crippen molar-refractivity contribution in [3.63, 3.8) is 0 Å². The Labute approximate surface area is 245 Å². The largest absolute Gasteiger partial charge is 2.00 e. The van der Waals surface area contributed by atoms with Crippen molar-refractivity contribution in [2.24, 2.45) is 9.98 Å². The molecular weight excluding hydrogens is 647 g/mol. The molecule has 2 rings (SSSR count). The third-order valence-electron chi connectivity index (χ3n) is 6.35. The molecule has 4 nitrogen and oxygen atoms in total. The average molecular weight is 692 g/mol. The van der Waals surface area contributed by atoms with Gasteiger partial charge in [-0.25, -0.2) is 4.99 Å². The van der Waals surface area contributed by atoms with Gasteiger partial charge in [-0.3, -0.25) is 4.99 Å². The molecule has 206 valence electrons. The van der Waals surface area contributed by atoms with Crippen molar-refractivity contribution < 1.29 is 21.1 Å². The molecule has 0 fully saturated rings. The van der Waals surface area contributed by atoms with Gasteiger partial charge in [0, 0.05) is 5.71 Å². The van der Waals surface area contributed by atoms with E-state index in [1.807, 2.05) is 26.8 Å². The quantitative estimate of drug-likeness (QED) is 0.150. The monoisotopic (exact) mass is 691 g/mol. The molecule has 0 amide bonds. The smallest absolute Gasteiger partial charge is 0.662 e. The van der Waals surface area contributed by atoms with Crippen molar-refractivity contribution in [3.8, 4) is 0 Å². The molecule has 0 spiro atoms. The summed E-state index contributed by atoms with van der Waals surface area (Å²) in [7, 11) is 0. The van der Waals surface area contributed by atoms with Gasteiger partial charge < -0.3 is 10.3 Å². The fourth-order valence-corrected chi connectivity index (χ4v) is 4.60. The summed E-state index contributed by atoms with van der Waals surface area (Å²) in [4.78, 5) is 14.9. The summed E-state index contributed by atoms with van der Waals surface area (Å²) in [6.07, 6.45) is 12.5. The SMILES string of the molecule is C=C/C(=C/C1=NC(=C\c2[n-]c(/C=C(\N=C(C)C)C(=C)CC)c(CC)c2CC)/C(CC)=C1CC)[N-]C(=C)C.[Pt+2]. The molecule has 2 heterocycles. The van der Waals surface area contributed by atoms with Gasteiger partial charge in [0.15, 0.2) is 0 Å². The predicted molar refractivity (Wildman–Crippen MR) is 164 cm³/mol. The standard InChI is InChI=1S/C33H44N4.Pt/c1-12-23(11)29(35-22(9)10)19-31-27(16-5)28(17-6)33(37-31)20-32-26(15-4)25(14-3)30(36-32)18-24(13-2)34-21(7)8;/h13,18-20H,2,7,11-12,14-17H2,1,3-6,8-10H3;/q-2;+2/b24-18-,29-19-,32-20-;. The van der Waals surface area contributed by atoms with E-state index in [1.165, 1.54) is 22.3 Å². The van der Waals surface area contributed by atoms with Crippen LogP contribution in [0.5, 0.6) is 0 Å². The maximum absolute atomic E-state index is 5.12. The summed E-state index contributed by atoms with van der Waals surface area (Å²) < 4.78 is 0. The van der Waals surface area contributed by atoms with Gasteiger partial charge >= 0.3 is 21.1 Å². The molecule has 0 saturated carbocycles. The molecule has 0 unspecified atom stereocenters. The van der Waals surface area contributed by atoms with Crippen LogP contribution in [0.1, 0.15) is 97.2 Å². The molecule has 0 N–H and O–H groups in total. The number of hydrogen-bond donors (Lipinski definition) is 0. The van der Waals surface area contributed by atoms with Gasteiger partial charge in [-0.05, 0) is 62.7 Å². The van der Waals surface area contributed by atoms with E-state index in [9.17, 15) is 0 Å². The third kappa shape index (κ3) is 8.14. The zero-order chi connectivity index (χ0) is 27.7. The summed E-state index contributed by atoms with van der Waals surface area (Å²) >= 11 is 0. The van der Waals surface area contributed by atoms with E-state index < -0.39 is 0 Å². The molecule has 5 heteroatoms. The third-order valence-corrected chi connectivity index (χ3v) is 6.35. The van der Waals surface area contributed by atoms with Gasteiger partial charge in [0.25, 0.3) is 0 Å². The van der Waals surface area contributed by atoms with Gasteiger partial charge in [-0.1, -0.05) is 83.6 Å². The van der Waals surface area contributed by atoms with Crippen LogP contribution < -0.4 is 4.98 Å². The Morgan fingerprint density at radius 2 is 1.50 bits per heavy atom. The Balaban J connectivity index is 0.00000722. The van der Waals surface area contributed by atoms with E-state index in [0.29, 0.717) is 0 Å². The summed E-state index contributed by atoms with van der Waals surface area (Å²) in [6.45, 7) is 28.8. The number of rotatable bonds is 13. The van der Waals surface area contributed by atoms with Crippen LogP contribution >= 0.6 is 0 Å². The molecule has 0 radical (unpaired) electrons. The number of aliphatic imine (C=N–C) groups is 2. The van der Waals surface area contributed by atoms with Crippen molar-refractivity contribution in [1.82, 2.24) is 4.98 Å². The minimum absolute atomic E-state index is 0. The fourth-order valence-electron chi connectivity index (χ4n) is 4.60. The second kappa shape index (κ2) is 15.6. The zero-order valence-electron chi connectivity index (χ0n) is 24.6. The molecule has 38 heavy (non-hydrogen) atoms. The molecule has 1 aromatic rings. The minimum atomic E-state index is 0. The molecule has 0 atom stereocenters. The van der Waals surface area contributed by atoms with Gasteiger partial charge in [-0.2, -0.15) is 5.70 Å². The van der Waals surface area contributed by atoms with Crippen molar-refractivity contribution in [2.45, 2.75) is 87.5 Å². The number of allylic oxidation sites excluding steroid dienone is 6. The van der Waals surface area contributed by atoms with Crippen LogP contribution in [0, 0.1) is 0 Å². The van der Waals surface area contributed by atoms with Gasteiger partial charge in [0.1, 0.15) is 0 Å². The molecular formula is C33H44N4Pt. The molecule has 1 aromatic heterocycles. The van der Waals surface area contributed by atoms with Crippen molar-refractivity contribution in [3.05, 3.63) is 99.2 Å². The Hall–Kier alpha value is -2.71. The average Bonchev–Trinajstić information content (AvgIpc) is 3.37. The van der Waals surface area contributed by atoms with E-state index in [2.05, 4.69) is 71.8 Å². The van der Waals surface area contributed by atoms with E-state index in [0.717, 1.165) is 83.3 Å². The van der Waals surface area contributed by atoms with Crippen LogP contribution in [-0.2, 0) is 33.9 Å². The normalized spacial score (nSPS) is 14.8. The van der Waals surface area contributed by atoms with E-state index in [-0.39, 0.29) is 21.1 Å². The molecule has 1 aliphatic heterocycles. The second-order valence-corrected chi connectivity index (χ2v) is 9.40. The van der Waals surface area contributed by atoms with E-state index >= 15 is 0 Å². The van der Waals surface area contributed by atoms with Crippen molar-refractivity contribution in [1.29, 1.82) is 0 Å². The number of hydrogen-bond acceptors (Lipinski definition) is 2. The zero-order valence-corrected chi connectivity index (χ0v) is 26.8. The summed E-state index contributed by atoms with van der Waals surface area (Å²) in [5.74, 6) is 0. The summed E-state index contributed by atoms with van der Waals surface area (Å²) in [5.41, 5.74) is 13.4. The molecule has 1 aliphatic rings. The molecule has 0 bridgehead atoms. The topological polar surface area (TPSA) is 52.9 Å². The first-order chi connectivity index (χ1) is 17.6. The number of nitrogens with zero attached hydrogens (tertiary/aromatic N) is 4. The second-order valence-electron chi connectivity index (χ2n) is 9.40. The van der Waals surface area contributed by atoms with Crippen LogP contribution in [-0.4, -0.2) is 11.4 Å². The Morgan fingerprint density at radius 3 is 1.97 bits per heavy atom. The first-order valence-electron chi connectivity index (χ1n) is 13.5. The Morgan fingerprint density at radius 1 is 0.895 bits per heavy atom. The number of aromatic nitrogens is 1. The predicted octanol–water partition coefficient (Wildman–Crippen LogP) is 9.44. The Kier molecular flexibility index (Phi) is 13.7. The van der Waals surface area contributed by atoms with Crippen LogP contribution in [0.2, 0.25) is 0 Å². The first-order valence-corrected chi connectivity index (χ1v) is 13.5. The maximum atomic E-state index is 5.12. The van der Waals surface area contributed by atoms with Crippen molar-refractivity contribution in [2.75, 3.05) is 0 Å². The molecule has 0 aromatic carbocycles. The molecule has 0 saturated heterocycles. The van der Waals surface area contributed by atoms with Crippen LogP contribution in [0.25, 0.3) is 17.5 Å². The van der Waals surface area contributed by atoms with E-state index in [1.54, 1.807) is 6.08 Å². The van der Waals surface area contributed by atoms with Crippen LogP contribution in [0.3, 0.4) is 0 Å². The molecule has 0 aliphatic carbocycles. The fraction of sp³-hybridized carbons (Fsp3) is 0.394.